The van der Waals surface area contributed by atoms with Crippen LogP contribution in [-0.4, -0.2) is 23.4 Å². The highest BCUT2D eigenvalue weighted by Crippen LogP contribution is 2.31. The van der Waals surface area contributed by atoms with Crippen LogP contribution in [0.3, 0.4) is 0 Å². The largest absolute Gasteiger partial charge is 0.435 e. The molecule has 1 fully saturated rings. The van der Waals surface area contributed by atoms with E-state index in [9.17, 15) is 18.4 Å². The molecule has 7 heteroatoms. The van der Waals surface area contributed by atoms with Gasteiger partial charge in [-0.15, -0.1) is 0 Å². The molecule has 0 radical (unpaired) electrons. The van der Waals surface area contributed by atoms with Crippen LogP contribution in [-0.2, 0) is 16.9 Å². The minimum atomic E-state index is -2.92. The lowest BCUT2D eigenvalue weighted by Crippen LogP contribution is -2.40. The Morgan fingerprint density at radius 1 is 1.08 bits per heavy atom. The van der Waals surface area contributed by atoms with Crippen molar-refractivity contribution >= 4 is 11.9 Å². The average molecular weight is 346 g/mol. The standard InChI is InChI=1S/C18H16F2N2O3/c1-18(13-7-9-14(10-8-13)25-16(19)20)15(23)22(17(24)21-18)11-12-5-3-2-4-6-12/h2-10,16H,11H2,1H3,(H,21,24). The molecular formula is C18H16F2N2O3. The summed E-state index contributed by atoms with van der Waals surface area (Å²) in [7, 11) is 0. The molecule has 1 N–H and O–H groups in total. The topological polar surface area (TPSA) is 58.6 Å². The van der Waals surface area contributed by atoms with Gasteiger partial charge in [-0.1, -0.05) is 42.5 Å². The molecule has 1 aliphatic heterocycles. The van der Waals surface area contributed by atoms with Crippen molar-refractivity contribution in [3.8, 4) is 5.75 Å². The number of carbonyl (C=O) groups excluding carboxylic acids is 2. The SMILES string of the molecule is CC1(c2ccc(OC(F)F)cc2)NC(=O)N(Cc2ccccc2)C1=O. The molecule has 0 aromatic heterocycles. The number of ether oxygens (including phenoxy) is 1. The molecule has 2 aromatic rings. The number of hydrogen-bond donors (Lipinski definition) is 1. The van der Waals surface area contributed by atoms with Gasteiger partial charge in [-0.25, -0.2) is 4.79 Å². The summed E-state index contributed by atoms with van der Waals surface area (Å²) >= 11 is 0. The Morgan fingerprint density at radius 2 is 1.72 bits per heavy atom. The third kappa shape index (κ3) is 3.31. The Labute approximate surface area is 143 Å². The second kappa shape index (κ2) is 6.51. The first kappa shape index (κ1) is 16.9. The van der Waals surface area contributed by atoms with Gasteiger partial charge in [0.2, 0.25) is 0 Å². The lowest BCUT2D eigenvalue weighted by atomic mass is 9.92. The zero-order valence-corrected chi connectivity index (χ0v) is 13.4. The predicted octanol–water partition coefficient (Wildman–Crippen LogP) is 3.26. The van der Waals surface area contributed by atoms with Crippen LogP contribution in [0, 0.1) is 0 Å². The van der Waals surface area contributed by atoms with E-state index in [-0.39, 0.29) is 12.3 Å². The second-order valence-corrected chi connectivity index (χ2v) is 5.83. The van der Waals surface area contributed by atoms with Gasteiger partial charge in [0.05, 0.1) is 6.54 Å². The van der Waals surface area contributed by atoms with Crippen molar-refractivity contribution in [1.29, 1.82) is 0 Å². The number of amides is 3. The Hall–Kier alpha value is -2.96. The number of hydrogen-bond acceptors (Lipinski definition) is 3. The molecule has 1 atom stereocenters. The number of nitrogens with one attached hydrogen (secondary N) is 1. The summed E-state index contributed by atoms with van der Waals surface area (Å²) in [5, 5.41) is 2.68. The van der Waals surface area contributed by atoms with Crippen molar-refractivity contribution in [3.63, 3.8) is 0 Å². The van der Waals surface area contributed by atoms with Gasteiger partial charge in [-0.05, 0) is 30.2 Å². The highest BCUT2D eigenvalue weighted by molar-refractivity contribution is 6.07. The van der Waals surface area contributed by atoms with Gasteiger partial charge in [-0.2, -0.15) is 8.78 Å². The highest BCUT2D eigenvalue weighted by Gasteiger charge is 2.48. The average Bonchev–Trinajstić information content (AvgIpc) is 2.80. The van der Waals surface area contributed by atoms with Crippen molar-refractivity contribution in [2.75, 3.05) is 0 Å². The van der Waals surface area contributed by atoms with Crippen molar-refractivity contribution in [1.82, 2.24) is 10.2 Å². The number of urea groups is 1. The van der Waals surface area contributed by atoms with E-state index >= 15 is 0 Å². The van der Waals surface area contributed by atoms with E-state index in [0.29, 0.717) is 5.56 Å². The fourth-order valence-electron chi connectivity index (χ4n) is 2.77. The predicted molar refractivity (Wildman–Crippen MR) is 85.9 cm³/mol. The van der Waals surface area contributed by atoms with Crippen LogP contribution in [0.5, 0.6) is 5.75 Å². The third-order valence-corrected chi connectivity index (χ3v) is 4.12. The van der Waals surface area contributed by atoms with Crippen LogP contribution in [0.25, 0.3) is 0 Å². The van der Waals surface area contributed by atoms with E-state index in [1.807, 2.05) is 30.3 Å². The van der Waals surface area contributed by atoms with Crippen molar-refractivity contribution in [2.45, 2.75) is 25.6 Å². The summed E-state index contributed by atoms with van der Waals surface area (Å²) in [6, 6.07) is 14.3. The lowest BCUT2D eigenvalue weighted by molar-refractivity contribution is -0.131. The number of halogens is 2. The fourth-order valence-corrected chi connectivity index (χ4v) is 2.77. The van der Waals surface area contributed by atoms with Crippen LogP contribution >= 0.6 is 0 Å². The fraction of sp³-hybridized carbons (Fsp3) is 0.222. The summed E-state index contributed by atoms with van der Waals surface area (Å²) in [5.74, 6) is -0.413. The highest BCUT2D eigenvalue weighted by atomic mass is 19.3. The summed E-state index contributed by atoms with van der Waals surface area (Å²) in [6.07, 6.45) is 0. The molecule has 0 spiro atoms. The Morgan fingerprint density at radius 3 is 2.32 bits per heavy atom. The van der Waals surface area contributed by atoms with Crippen molar-refractivity contribution in [2.24, 2.45) is 0 Å². The van der Waals surface area contributed by atoms with E-state index < -0.39 is 24.1 Å². The smallest absolute Gasteiger partial charge is 0.387 e. The van der Waals surface area contributed by atoms with Crippen molar-refractivity contribution < 1.29 is 23.1 Å². The molecule has 130 valence electrons. The molecule has 1 heterocycles. The van der Waals surface area contributed by atoms with Crippen LogP contribution in [0.2, 0.25) is 0 Å². The maximum Gasteiger partial charge on any atom is 0.387 e. The van der Waals surface area contributed by atoms with Gasteiger partial charge in [0.1, 0.15) is 11.3 Å². The zero-order valence-electron chi connectivity index (χ0n) is 13.4. The molecule has 0 aliphatic carbocycles. The molecule has 0 saturated carbocycles. The Balaban J connectivity index is 1.82. The maximum atomic E-state index is 12.8. The number of benzene rings is 2. The number of rotatable bonds is 5. The molecule has 3 amide bonds. The Kier molecular flexibility index (Phi) is 4.39. The number of carbonyl (C=O) groups is 2. The molecule has 1 unspecified atom stereocenters. The molecule has 1 saturated heterocycles. The quantitative estimate of drug-likeness (QED) is 0.846. The van der Waals surface area contributed by atoms with Crippen LogP contribution in [0.1, 0.15) is 18.1 Å². The molecule has 0 bridgehead atoms. The number of imide groups is 1. The van der Waals surface area contributed by atoms with Crippen LogP contribution < -0.4 is 10.1 Å². The van der Waals surface area contributed by atoms with E-state index in [4.69, 9.17) is 0 Å². The first-order valence-electron chi connectivity index (χ1n) is 7.63. The van der Waals surface area contributed by atoms with Gasteiger partial charge in [-0.3, -0.25) is 9.69 Å². The van der Waals surface area contributed by atoms with E-state index in [2.05, 4.69) is 10.1 Å². The van der Waals surface area contributed by atoms with Gasteiger partial charge >= 0.3 is 12.6 Å². The first-order chi connectivity index (χ1) is 11.9. The summed E-state index contributed by atoms with van der Waals surface area (Å²) in [5.41, 5.74) is 0.0637. The molecule has 2 aromatic carbocycles. The summed E-state index contributed by atoms with van der Waals surface area (Å²) in [6.45, 7) is -1.18. The van der Waals surface area contributed by atoms with Crippen LogP contribution in [0.15, 0.2) is 54.6 Å². The lowest BCUT2D eigenvalue weighted by Gasteiger charge is -2.22. The molecule has 1 aliphatic rings. The van der Waals surface area contributed by atoms with E-state index in [1.54, 1.807) is 6.92 Å². The number of alkyl halides is 2. The van der Waals surface area contributed by atoms with E-state index in [0.717, 1.165) is 10.5 Å². The minimum Gasteiger partial charge on any atom is -0.435 e. The van der Waals surface area contributed by atoms with Crippen molar-refractivity contribution in [3.05, 3.63) is 65.7 Å². The zero-order chi connectivity index (χ0) is 18.0. The number of nitrogens with zero attached hydrogens (tertiary/aromatic N) is 1. The van der Waals surface area contributed by atoms with Crippen LogP contribution in [0.4, 0.5) is 13.6 Å². The minimum absolute atomic E-state index is 0.0136. The summed E-state index contributed by atoms with van der Waals surface area (Å²) in [4.78, 5) is 26.2. The second-order valence-electron chi connectivity index (χ2n) is 5.83. The van der Waals surface area contributed by atoms with E-state index in [1.165, 1.54) is 24.3 Å². The van der Waals surface area contributed by atoms with Gasteiger partial charge in [0.25, 0.3) is 5.91 Å². The molecule has 3 rings (SSSR count). The van der Waals surface area contributed by atoms with Gasteiger partial charge in [0, 0.05) is 0 Å². The molecule has 25 heavy (non-hydrogen) atoms. The molecule has 5 nitrogen and oxygen atoms in total. The Bertz CT molecular complexity index is 781. The summed E-state index contributed by atoms with van der Waals surface area (Å²) < 4.78 is 28.8. The van der Waals surface area contributed by atoms with Gasteiger partial charge in [0.15, 0.2) is 0 Å². The first-order valence-corrected chi connectivity index (χ1v) is 7.63. The monoisotopic (exact) mass is 346 g/mol. The maximum absolute atomic E-state index is 12.8. The van der Waals surface area contributed by atoms with Gasteiger partial charge < -0.3 is 10.1 Å². The normalized spacial score (nSPS) is 20.1. The molecular weight excluding hydrogens is 330 g/mol. The third-order valence-electron chi connectivity index (χ3n) is 4.12.